The van der Waals surface area contributed by atoms with E-state index in [4.69, 9.17) is 0 Å². The Morgan fingerprint density at radius 1 is 1.33 bits per heavy atom. The van der Waals surface area contributed by atoms with Crippen molar-refractivity contribution >= 4 is 0 Å². The van der Waals surface area contributed by atoms with E-state index in [1.165, 1.54) is 12.1 Å². The summed E-state index contributed by atoms with van der Waals surface area (Å²) < 4.78 is 28.2. The predicted octanol–water partition coefficient (Wildman–Crippen LogP) is 2.54. The second-order valence-corrected chi connectivity index (χ2v) is 4.45. The van der Waals surface area contributed by atoms with Gasteiger partial charge in [0.2, 0.25) is 0 Å². The lowest BCUT2D eigenvalue weighted by Gasteiger charge is -2.27. The highest BCUT2D eigenvalue weighted by Gasteiger charge is 2.19. The van der Waals surface area contributed by atoms with Gasteiger partial charge in [0, 0.05) is 12.1 Å². The van der Waals surface area contributed by atoms with Gasteiger partial charge in [0.1, 0.15) is 5.75 Å². The van der Waals surface area contributed by atoms with Crippen LogP contribution in [0, 0.1) is 0 Å². The molecule has 0 saturated carbocycles. The minimum absolute atomic E-state index is 0.0517. The minimum atomic E-state index is -2.80. The highest BCUT2D eigenvalue weighted by atomic mass is 19.3. The monoisotopic (exact) mass is 259 g/mol. The van der Waals surface area contributed by atoms with E-state index in [-0.39, 0.29) is 17.9 Å². The normalized spacial score (nSPS) is 14.6. The van der Waals surface area contributed by atoms with E-state index in [1.54, 1.807) is 12.1 Å². The van der Waals surface area contributed by atoms with Crippen molar-refractivity contribution in [1.82, 2.24) is 5.32 Å². The van der Waals surface area contributed by atoms with Gasteiger partial charge in [-0.05, 0) is 31.0 Å². The Labute approximate surface area is 106 Å². The topological polar surface area (TPSA) is 41.5 Å². The first kappa shape index (κ1) is 14.9. The lowest BCUT2D eigenvalue weighted by Crippen LogP contribution is -2.44. The van der Waals surface area contributed by atoms with E-state index < -0.39 is 6.61 Å². The fourth-order valence-corrected chi connectivity index (χ4v) is 1.40. The lowest BCUT2D eigenvalue weighted by molar-refractivity contribution is -0.0498. The van der Waals surface area contributed by atoms with Gasteiger partial charge in [-0.1, -0.05) is 19.1 Å². The van der Waals surface area contributed by atoms with Crippen molar-refractivity contribution in [2.24, 2.45) is 0 Å². The van der Waals surface area contributed by atoms with Crippen molar-refractivity contribution in [2.45, 2.75) is 39.0 Å². The molecule has 0 radical (unpaired) electrons. The molecule has 0 amide bonds. The van der Waals surface area contributed by atoms with E-state index in [1.807, 2.05) is 13.8 Å². The highest BCUT2D eigenvalue weighted by molar-refractivity contribution is 5.27. The fraction of sp³-hybridized carbons (Fsp3) is 0.538. The summed E-state index contributed by atoms with van der Waals surface area (Å²) in [5, 5.41) is 12.5. The molecule has 0 spiro atoms. The molecule has 1 aromatic carbocycles. The molecule has 1 atom stereocenters. The van der Waals surface area contributed by atoms with Crippen molar-refractivity contribution < 1.29 is 18.6 Å². The molecule has 3 nitrogen and oxygen atoms in total. The number of aliphatic hydroxyl groups is 1. The first-order chi connectivity index (χ1) is 8.49. The standard InChI is InChI=1S/C13H19F2NO2/c1-3-13(2,9-17)16-8-10-4-6-11(7-5-10)18-12(14)15/h4-7,12,16-17H,3,8-9H2,1-2H3. The zero-order chi connectivity index (χ0) is 13.6. The second kappa shape index (κ2) is 6.66. The summed E-state index contributed by atoms with van der Waals surface area (Å²) >= 11 is 0. The first-order valence-corrected chi connectivity index (χ1v) is 5.89. The molecule has 18 heavy (non-hydrogen) atoms. The SMILES string of the molecule is CCC(C)(CO)NCc1ccc(OC(F)F)cc1. The Balaban J connectivity index is 2.53. The number of nitrogens with one attached hydrogen (secondary N) is 1. The third kappa shape index (κ3) is 4.58. The van der Waals surface area contributed by atoms with Crippen molar-refractivity contribution in [3.05, 3.63) is 29.8 Å². The Bertz CT molecular complexity index is 351. The summed E-state index contributed by atoms with van der Waals surface area (Å²) in [6.07, 6.45) is 0.802. The summed E-state index contributed by atoms with van der Waals surface area (Å²) in [5.74, 6) is 0.147. The smallest absolute Gasteiger partial charge is 0.387 e. The molecule has 0 aliphatic carbocycles. The zero-order valence-corrected chi connectivity index (χ0v) is 10.6. The number of alkyl halides is 2. The van der Waals surface area contributed by atoms with Crippen LogP contribution in [-0.4, -0.2) is 23.9 Å². The molecule has 0 heterocycles. The van der Waals surface area contributed by atoms with Crippen LogP contribution in [-0.2, 0) is 6.54 Å². The van der Waals surface area contributed by atoms with Crippen LogP contribution in [0.3, 0.4) is 0 Å². The van der Waals surface area contributed by atoms with Crippen LogP contribution in [0.5, 0.6) is 5.75 Å². The molecule has 5 heteroatoms. The number of rotatable bonds is 7. The van der Waals surface area contributed by atoms with Crippen LogP contribution >= 0.6 is 0 Å². The van der Waals surface area contributed by atoms with Crippen molar-refractivity contribution in [2.75, 3.05) is 6.61 Å². The molecule has 1 rings (SSSR count). The van der Waals surface area contributed by atoms with Gasteiger partial charge in [-0.25, -0.2) is 0 Å². The summed E-state index contributed by atoms with van der Waals surface area (Å²) in [7, 11) is 0. The Morgan fingerprint density at radius 2 is 1.94 bits per heavy atom. The van der Waals surface area contributed by atoms with E-state index in [0.717, 1.165) is 12.0 Å². The molecule has 0 bridgehead atoms. The van der Waals surface area contributed by atoms with Crippen LogP contribution in [0.15, 0.2) is 24.3 Å². The molecule has 1 unspecified atom stereocenters. The lowest BCUT2D eigenvalue weighted by atomic mass is 10.00. The fourth-order valence-electron chi connectivity index (χ4n) is 1.40. The number of halogens is 2. The van der Waals surface area contributed by atoms with Gasteiger partial charge in [-0.15, -0.1) is 0 Å². The van der Waals surface area contributed by atoms with Crippen LogP contribution in [0.4, 0.5) is 8.78 Å². The van der Waals surface area contributed by atoms with E-state index >= 15 is 0 Å². The maximum Gasteiger partial charge on any atom is 0.387 e. The van der Waals surface area contributed by atoms with Gasteiger partial charge >= 0.3 is 6.61 Å². The van der Waals surface area contributed by atoms with Gasteiger partial charge in [0.05, 0.1) is 6.61 Å². The van der Waals surface area contributed by atoms with Crippen LogP contribution in [0.25, 0.3) is 0 Å². The van der Waals surface area contributed by atoms with Crippen molar-refractivity contribution in [1.29, 1.82) is 0 Å². The van der Waals surface area contributed by atoms with Crippen molar-refractivity contribution in [3.63, 3.8) is 0 Å². The maximum atomic E-state index is 12.0. The minimum Gasteiger partial charge on any atom is -0.435 e. The van der Waals surface area contributed by atoms with E-state index in [9.17, 15) is 13.9 Å². The highest BCUT2D eigenvalue weighted by Crippen LogP contribution is 2.16. The molecule has 0 saturated heterocycles. The Morgan fingerprint density at radius 3 is 2.39 bits per heavy atom. The Hall–Kier alpha value is -1.20. The molecular weight excluding hydrogens is 240 g/mol. The first-order valence-electron chi connectivity index (χ1n) is 5.89. The summed E-state index contributed by atoms with van der Waals surface area (Å²) in [6, 6.07) is 6.45. The average molecular weight is 259 g/mol. The molecule has 1 aromatic rings. The zero-order valence-electron chi connectivity index (χ0n) is 10.6. The summed E-state index contributed by atoms with van der Waals surface area (Å²) in [6.45, 7) is 1.74. The summed E-state index contributed by atoms with van der Waals surface area (Å²) in [4.78, 5) is 0. The second-order valence-electron chi connectivity index (χ2n) is 4.45. The van der Waals surface area contributed by atoms with Crippen LogP contribution in [0.1, 0.15) is 25.8 Å². The molecule has 0 fully saturated rings. The molecular formula is C13H19F2NO2. The Kier molecular flexibility index (Phi) is 5.50. The van der Waals surface area contributed by atoms with Gasteiger partial charge in [-0.2, -0.15) is 8.78 Å². The van der Waals surface area contributed by atoms with E-state index in [0.29, 0.717) is 6.54 Å². The molecule has 102 valence electrons. The largest absolute Gasteiger partial charge is 0.435 e. The number of benzene rings is 1. The number of hydrogen-bond acceptors (Lipinski definition) is 3. The number of hydrogen-bond donors (Lipinski definition) is 2. The van der Waals surface area contributed by atoms with Gasteiger partial charge in [-0.3, -0.25) is 0 Å². The summed E-state index contributed by atoms with van der Waals surface area (Å²) in [5.41, 5.74) is 0.628. The van der Waals surface area contributed by atoms with Gasteiger partial charge < -0.3 is 15.2 Å². The average Bonchev–Trinajstić information content (AvgIpc) is 2.37. The van der Waals surface area contributed by atoms with Crippen LogP contribution < -0.4 is 10.1 Å². The quantitative estimate of drug-likeness (QED) is 0.790. The van der Waals surface area contributed by atoms with E-state index in [2.05, 4.69) is 10.1 Å². The number of aliphatic hydroxyl groups excluding tert-OH is 1. The maximum absolute atomic E-state index is 12.0. The molecule has 0 aliphatic rings. The third-order valence-corrected chi connectivity index (χ3v) is 3.00. The third-order valence-electron chi connectivity index (χ3n) is 3.00. The van der Waals surface area contributed by atoms with Crippen molar-refractivity contribution in [3.8, 4) is 5.75 Å². The molecule has 2 N–H and O–H groups in total. The van der Waals surface area contributed by atoms with Gasteiger partial charge in [0.15, 0.2) is 0 Å². The number of ether oxygens (including phenoxy) is 1. The van der Waals surface area contributed by atoms with Gasteiger partial charge in [0.25, 0.3) is 0 Å². The predicted molar refractivity (Wildman–Crippen MR) is 65.7 cm³/mol. The van der Waals surface area contributed by atoms with Crippen LogP contribution in [0.2, 0.25) is 0 Å². The molecule has 0 aromatic heterocycles. The molecule has 0 aliphatic heterocycles.